The zero-order valence-corrected chi connectivity index (χ0v) is 8.37. The fraction of sp³-hybridized carbons (Fsp3) is 0.385. The average Bonchev–Trinajstić information content (AvgIpc) is 2.85. The van der Waals surface area contributed by atoms with E-state index >= 15 is 0 Å². The molecule has 0 N–H and O–H groups in total. The van der Waals surface area contributed by atoms with Crippen LogP contribution in [0.2, 0.25) is 0 Å². The number of likely N-dealkylation sites (tertiary alicyclic amines) is 1. The highest BCUT2D eigenvalue weighted by molar-refractivity contribution is 5.71. The zero-order chi connectivity index (χ0) is 9.38. The monoisotopic (exact) mass is 185 g/mol. The van der Waals surface area contributed by atoms with Crippen LogP contribution in [0.3, 0.4) is 0 Å². The predicted octanol–water partition coefficient (Wildman–Crippen LogP) is 2.68. The van der Waals surface area contributed by atoms with Gasteiger partial charge in [-0.25, -0.2) is 0 Å². The van der Waals surface area contributed by atoms with Gasteiger partial charge < -0.3 is 4.90 Å². The van der Waals surface area contributed by atoms with Gasteiger partial charge in [0.25, 0.3) is 0 Å². The molecular formula is C13H15N. The van der Waals surface area contributed by atoms with E-state index in [1.54, 1.807) is 0 Å². The van der Waals surface area contributed by atoms with Crippen LogP contribution in [-0.4, -0.2) is 18.0 Å². The van der Waals surface area contributed by atoms with Crippen molar-refractivity contribution in [2.24, 2.45) is 0 Å². The first kappa shape index (κ1) is 8.10. The number of hydrogen-bond acceptors (Lipinski definition) is 1. The Morgan fingerprint density at radius 2 is 1.79 bits per heavy atom. The van der Waals surface area contributed by atoms with Gasteiger partial charge in [-0.15, -0.1) is 0 Å². The van der Waals surface area contributed by atoms with Gasteiger partial charge in [0.2, 0.25) is 0 Å². The predicted molar refractivity (Wildman–Crippen MR) is 58.9 cm³/mol. The molecule has 1 aliphatic carbocycles. The number of fused-ring (bicyclic) bond motifs is 1. The van der Waals surface area contributed by atoms with Crippen LogP contribution in [0.4, 0.5) is 0 Å². The van der Waals surface area contributed by atoms with Crippen molar-refractivity contribution in [3.8, 4) is 0 Å². The first-order valence-corrected chi connectivity index (χ1v) is 5.48. The molecule has 1 aromatic rings. The molecule has 14 heavy (non-hydrogen) atoms. The number of allylic oxidation sites excluding steroid dienone is 1. The summed E-state index contributed by atoms with van der Waals surface area (Å²) in [6.45, 7) is 2.50. The molecule has 1 aromatic carbocycles. The van der Waals surface area contributed by atoms with Crippen molar-refractivity contribution in [1.82, 2.24) is 4.90 Å². The van der Waals surface area contributed by atoms with Gasteiger partial charge in [-0.1, -0.05) is 30.3 Å². The van der Waals surface area contributed by atoms with E-state index in [1.165, 1.54) is 42.8 Å². The van der Waals surface area contributed by atoms with Crippen molar-refractivity contribution >= 4 is 5.70 Å². The molecule has 0 radical (unpaired) electrons. The van der Waals surface area contributed by atoms with E-state index in [4.69, 9.17) is 0 Å². The molecule has 1 aliphatic heterocycles. The van der Waals surface area contributed by atoms with Gasteiger partial charge in [0.15, 0.2) is 0 Å². The molecule has 1 heterocycles. The molecular weight excluding hydrogens is 170 g/mol. The Morgan fingerprint density at radius 3 is 2.64 bits per heavy atom. The highest BCUT2D eigenvalue weighted by atomic mass is 15.2. The summed E-state index contributed by atoms with van der Waals surface area (Å²) in [5, 5.41) is 0. The fourth-order valence-electron chi connectivity index (χ4n) is 2.52. The third kappa shape index (κ3) is 1.16. The summed E-state index contributed by atoms with van der Waals surface area (Å²) < 4.78 is 0. The Bertz CT molecular complexity index is 373. The Morgan fingerprint density at radius 1 is 1.00 bits per heavy atom. The molecule has 0 bridgehead atoms. The zero-order valence-electron chi connectivity index (χ0n) is 8.37. The maximum Gasteiger partial charge on any atom is 0.0405 e. The van der Waals surface area contributed by atoms with E-state index in [1.807, 2.05) is 0 Å². The summed E-state index contributed by atoms with van der Waals surface area (Å²) in [5.41, 5.74) is 4.45. The summed E-state index contributed by atoms with van der Waals surface area (Å²) in [5.74, 6) is 0. The Hall–Kier alpha value is -1.24. The minimum Gasteiger partial charge on any atom is -0.371 e. The molecule has 2 aliphatic rings. The van der Waals surface area contributed by atoms with Crippen LogP contribution in [0.5, 0.6) is 0 Å². The SMILES string of the molecule is C1=C(N2CCCC2)c2ccccc2C1. The van der Waals surface area contributed by atoms with Crippen molar-refractivity contribution in [2.75, 3.05) is 13.1 Å². The van der Waals surface area contributed by atoms with Crippen LogP contribution in [-0.2, 0) is 6.42 Å². The summed E-state index contributed by atoms with van der Waals surface area (Å²) >= 11 is 0. The van der Waals surface area contributed by atoms with Crippen LogP contribution in [0, 0.1) is 0 Å². The van der Waals surface area contributed by atoms with Gasteiger partial charge in [-0.05, 0) is 24.8 Å². The summed E-state index contributed by atoms with van der Waals surface area (Å²) in [4.78, 5) is 2.53. The first-order valence-electron chi connectivity index (χ1n) is 5.48. The van der Waals surface area contributed by atoms with E-state index in [0.717, 1.165) is 6.42 Å². The van der Waals surface area contributed by atoms with Gasteiger partial charge in [0.05, 0.1) is 0 Å². The van der Waals surface area contributed by atoms with Gasteiger partial charge >= 0.3 is 0 Å². The number of hydrogen-bond donors (Lipinski definition) is 0. The van der Waals surface area contributed by atoms with Crippen molar-refractivity contribution in [2.45, 2.75) is 19.3 Å². The van der Waals surface area contributed by atoms with E-state index in [9.17, 15) is 0 Å². The second-order valence-corrected chi connectivity index (χ2v) is 4.14. The van der Waals surface area contributed by atoms with Crippen molar-refractivity contribution in [1.29, 1.82) is 0 Å². The van der Waals surface area contributed by atoms with Crippen LogP contribution in [0.25, 0.3) is 5.70 Å². The molecule has 1 nitrogen and oxygen atoms in total. The number of benzene rings is 1. The third-order valence-electron chi connectivity index (χ3n) is 3.26. The molecule has 72 valence electrons. The molecule has 1 fully saturated rings. The average molecular weight is 185 g/mol. The molecule has 0 aromatic heterocycles. The topological polar surface area (TPSA) is 3.24 Å². The Kier molecular flexibility index (Phi) is 1.83. The largest absolute Gasteiger partial charge is 0.371 e. The minimum atomic E-state index is 1.13. The molecule has 0 saturated carbocycles. The standard InChI is InChI=1S/C13H15N/c1-2-6-12-11(5-1)7-8-13(12)14-9-3-4-10-14/h1-2,5-6,8H,3-4,7,9-10H2. The summed E-state index contributed by atoms with van der Waals surface area (Å²) in [6.07, 6.45) is 6.23. The van der Waals surface area contributed by atoms with Crippen molar-refractivity contribution in [3.63, 3.8) is 0 Å². The van der Waals surface area contributed by atoms with Gasteiger partial charge in [0.1, 0.15) is 0 Å². The van der Waals surface area contributed by atoms with Gasteiger partial charge in [-0.2, -0.15) is 0 Å². The molecule has 0 atom stereocenters. The second kappa shape index (κ2) is 3.16. The maximum absolute atomic E-state index is 2.53. The third-order valence-corrected chi connectivity index (χ3v) is 3.26. The molecule has 1 saturated heterocycles. The fourth-order valence-corrected chi connectivity index (χ4v) is 2.52. The molecule has 0 unspecified atom stereocenters. The lowest BCUT2D eigenvalue weighted by atomic mass is 10.1. The minimum absolute atomic E-state index is 1.13. The Balaban J connectivity index is 1.95. The van der Waals surface area contributed by atoms with Crippen molar-refractivity contribution in [3.05, 3.63) is 41.5 Å². The second-order valence-electron chi connectivity index (χ2n) is 4.14. The van der Waals surface area contributed by atoms with Crippen LogP contribution in [0.1, 0.15) is 24.0 Å². The number of nitrogens with zero attached hydrogens (tertiary/aromatic N) is 1. The van der Waals surface area contributed by atoms with Gasteiger partial charge in [-0.3, -0.25) is 0 Å². The quantitative estimate of drug-likeness (QED) is 0.650. The molecule has 0 spiro atoms. The maximum atomic E-state index is 2.53. The van der Waals surface area contributed by atoms with Gasteiger partial charge in [0, 0.05) is 24.4 Å². The highest BCUT2D eigenvalue weighted by Gasteiger charge is 2.21. The van der Waals surface area contributed by atoms with Crippen LogP contribution >= 0.6 is 0 Å². The normalized spacial score (nSPS) is 19.7. The highest BCUT2D eigenvalue weighted by Crippen LogP contribution is 2.31. The molecule has 3 rings (SSSR count). The molecule has 0 amide bonds. The van der Waals surface area contributed by atoms with Crippen LogP contribution < -0.4 is 0 Å². The molecule has 1 heteroatoms. The first-order chi connectivity index (χ1) is 6.95. The number of rotatable bonds is 1. The van der Waals surface area contributed by atoms with E-state index in [2.05, 4.69) is 35.2 Å². The summed E-state index contributed by atoms with van der Waals surface area (Å²) in [7, 11) is 0. The Labute approximate surface area is 85.0 Å². The lowest BCUT2D eigenvalue weighted by Gasteiger charge is -2.19. The van der Waals surface area contributed by atoms with E-state index in [0.29, 0.717) is 0 Å². The van der Waals surface area contributed by atoms with Crippen molar-refractivity contribution < 1.29 is 0 Å². The smallest absolute Gasteiger partial charge is 0.0405 e. The van der Waals surface area contributed by atoms with E-state index < -0.39 is 0 Å². The van der Waals surface area contributed by atoms with Crippen LogP contribution in [0.15, 0.2) is 30.3 Å². The van der Waals surface area contributed by atoms with E-state index in [-0.39, 0.29) is 0 Å². The lowest BCUT2D eigenvalue weighted by molar-refractivity contribution is 0.494. The lowest BCUT2D eigenvalue weighted by Crippen LogP contribution is -2.16. The summed E-state index contributed by atoms with van der Waals surface area (Å²) in [6, 6.07) is 8.79.